The van der Waals surface area contributed by atoms with Crippen LogP contribution in [0, 0.1) is 23.7 Å². The summed E-state index contributed by atoms with van der Waals surface area (Å²) in [5.41, 5.74) is -4.38. The average Bonchev–Trinajstić information content (AvgIpc) is 3.40. The zero-order valence-corrected chi connectivity index (χ0v) is 47.4. The number of hydrogen-bond acceptors (Lipinski definition) is 21. The molecule has 3 fully saturated rings. The van der Waals surface area contributed by atoms with Crippen molar-refractivity contribution in [2.75, 3.05) is 42.0 Å². The van der Waals surface area contributed by atoms with Crippen LogP contribution in [0.1, 0.15) is 116 Å². The van der Waals surface area contributed by atoms with E-state index in [2.05, 4.69) is 0 Å². The minimum Gasteiger partial charge on any atom is -0.463 e. The van der Waals surface area contributed by atoms with E-state index in [1.165, 1.54) is 21.3 Å². The van der Waals surface area contributed by atoms with Crippen LogP contribution in [0.15, 0.2) is 60.7 Å². The number of hydrogen-bond donors (Lipinski definition) is 1. The van der Waals surface area contributed by atoms with Gasteiger partial charge in [0.2, 0.25) is 0 Å². The van der Waals surface area contributed by atoms with Gasteiger partial charge in [0.1, 0.15) is 30.2 Å². The molecule has 2 aromatic rings. The molecule has 20 nitrogen and oxygen atoms in total. The van der Waals surface area contributed by atoms with E-state index in [0.29, 0.717) is 29.9 Å². The van der Waals surface area contributed by atoms with Crippen LogP contribution in [0.5, 0.6) is 0 Å². The number of ketones is 1. The summed E-state index contributed by atoms with van der Waals surface area (Å²) in [7, 11) is 7.94. The molecule has 0 bridgehead atoms. The summed E-state index contributed by atoms with van der Waals surface area (Å²) in [4.78, 5) is 76.7. The molecule has 426 valence electrons. The van der Waals surface area contributed by atoms with E-state index in [1.807, 2.05) is 25.9 Å². The Morgan fingerprint density at radius 1 is 0.763 bits per heavy atom. The number of esters is 4. The van der Waals surface area contributed by atoms with E-state index in [-0.39, 0.29) is 19.3 Å². The normalized spacial score (nSPS) is 36.9. The molecule has 0 spiro atoms. The maximum atomic E-state index is 15.1. The monoisotopic (exact) mass is 1090 g/mol. The largest absolute Gasteiger partial charge is 0.463 e. The van der Waals surface area contributed by atoms with E-state index in [4.69, 9.17) is 60.8 Å². The Balaban J connectivity index is 1.68. The number of Topliss-reactive ketones (excluding diaryl/α,β-unsaturated/α-hetero) is 1. The summed E-state index contributed by atoms with van der Waals surface area (Å²) >= 11 is 0.330. The minimum absolute atomic E-state index is 0.00666. The fourth-order valence-corrected chi connectivity index (χ4v) is 11.4. The summed E-state index contributed by atoms with van der Waals surface area (Å²) in [5, 5.41) is 12.9. The Morgan fingerprint density at radius 3 is 1.88 bits per heavy atom. The highest BCUT2D eigenvalue weighted by molar-refractivity contribution is 7.89. The Hall–Kier alpha value is -4.10. The Labute approximate surface area is 451 Å². The molecule has 1 N–H and O–H groups in total. The molecule has 3 heterocycles. The molecule has 3 aliphatic heterocycles. The number of likely N-dealkylation sites (N-methyl/N-ethyl adjacent to an activating group) is 1. The van der Waals surface area contributed by atoms with E-state index in [9.17, 15) is 19.5 Å². The van der Waals surface area contributed by atoms with Gasteiger partial charge in [-0.15, -0.1) is 4.33 Å². The molecular weight excluding hydrogens is 1010 g/mol. The molecule has 5 rings (SSSR count). The molecule has 0 aliphatic carbocycles. The molecule has 0 aromatic heterocycles. The van der Waals surface area contributed by atoms with Crippen molar-refractivity contribution in [3.05, 3.63) is 71.8 Å². The van der Waals surface area contributed by atoms with E-state index >= 15 is 9.59 Å². The molecule has 2 aromatic carbocycles. The molecule has 0 radical (unpaired) electrons. The predicted octanol–water partition coefficient (Wildman–Crippen LogP) is 6.88. The summed E-state index contributed by atoms with van der Waals surface area (Å²) in [5.74, 6) is -7.46. The first-order chi connectivity index (χ1) is 35.9. The van der Waals surface area contributed by atoms with Gasteiger partial charge >= 0.3 is 23.9 Å². The molecule has 3 aliphatic rings. The number of rotatable bonds is 18. The first-order valence-corrected chi connectivity index (χ1v) is 26.6. The van der Waals surface area contributed by atoms with Crippen molar-refractivity contribution in [3.8, 4) is 0 Å². The average molecular weight is 1090 g/mol. The first-order valence-electron chi connectivity index (χ1n) is 25.9. The number of cyclic esters (lactones) is 1. The van der Waals surface area contributed by atoms with Gasteiger partial charge in [0.05, 0.1) is 60.2 Å². The van der Waals surface area contributed by atoms with Crippen LogP contribution in [0.25, 0.3) is 0 Å². The van der Waals surface area contributed by atoms with E-state index < -0.39 is 144 Å². The fraction of sp³-hybridized carbons (Fsp3) is 0.691. The van der Waals surface area contributed by atoms with E-state index in [1.54, 1.807) is 116 Å². The number of carbonyl (C=O) groups is 5. The van der Waals surface area contributed by atoms with Crippen molar-refractivity contribution in [1.82, 2.24) is 4.90 Å². The first kappa shape index (κ1) is 62.7. The molecule has 76 heavy (non-hydrogen) atoms. The summed E-state index contributed by atoms with van der Waals surface area (Å²) < 4.78 is 75.3. The quantitative estimate of drug-likeness (QED) is 0.0401. The van der Waals surface area contributed by atoms with Crippen molar-refractivity contribution >= 4 is 42.0 Å². The van der Waals surface area contributed by atoms with Gasteiger partial charge < -0.3 is 57.4 Å². The van der Waals surface area contributed by atoms with Crippen LogP contribution < -0.4 is 0 Å². The van der Waals surface area contributed by atoms with Gasteiger partial charge in [-0.05, 0) is 92.2 Å². The second-order valence-corrected chi connectivity index (χ2v) is 21.5. The predicted molar refractivity (Wildman–Crippen MR) is 276 cm³/mol. The van der Waals surface area contributed by atoms with Crippen molar-refractivity contribution in [2.45, 2.75) is 179 Å². The van der Waals surface area contributed by atoms with Gasteiger partial charge in [-0.2, -0.15) is 0 Å². The van der Waals surface area contributed by atoms with Crippen molar-refractivity contribution < 1.29 is 89.9 Å². The molecule has 2 unspecified atom stereocenters. The zero-order valence-electron chi connectivity index (χ0n) is 46.6. The van der Waals surface area contributed by atoms with Crippen molar-refractivity contribution in [1.29, 1.82) is 0 Å². The summed E-state index contributed by atoms with van der Waals surface area (Å²) in [6, 6.07) is 16.7. The van der Waals surface area contributed by atoms with Crippen molar-refractivity contribution in [2.24, 2.45) is 23.7 Å². The SMILES string of the molecule is CC[C@H]1OC(=O)[C@H](C)[C@@H](OC2C[C@@](C)(OC)[C@@H](OC(=O)c3ccccc3)[C@H](C)O2)[C@H](C)[C@@H](OC2O[C@H](C)C[C@H](N(C)C)[C@H]2OC(=O)c2ccccc2)[C@](C)(OC)C[C@@H](C)C(=O)[C@H](C)[C@@H](OSOOC)[C@@]1(O)COC(C)=O. The van der Waals surface area contributed by atoms with Crippen LogP contribution in [0.3, 0.4) is 0 Å². The zero-order chi connectivity index (χ0) is 56.3. The number of benzene rings is 2. The lowest BCUT2D eigenvalue weighted by molar-refractivity contribution is -0.318. The molecule has 0 amide bonds. The third-order valence-electron chi connectivity index (χ3n) is 15.2. The third kappa shape index (κ3) is 15.0. The topological polar surface area (TPSA) is 229 Å². The third-order valence-corrected chi connectivity index (χ3v) is 15.7. The lowest BCUT2D eigenvalue weighted by Gasteiger charge is -2.50. The van der Waals surface area contributed by atoms with Gasteiger partial charge in [0.15, 0.2) is 42.7 Å². The van der Waals surface area contributed by atoms with Crippen LogP contribution in [-0.4, -0.2) is 166 Å². The number of ether oxygens (including phenoxy) is 10. The second-order valence-electron chi connectivity index (χ2n) is 21.0. The van der Waals surface area contributed by atoms with Gasteiger partial charge in [-0.1, -0.05) is 64.1 Å². The Morgan fingerprint density at radius 2 is 1.34 bits per heavy atom. The van der Waals surface area contributed by atoms with Crippen molar-refractivity contribution in [3.63, 3.8) is 0 Å². The van der Waals surface area contributed by atoms with E-state index in [0.717, 1.165) is 6.92 Å². The van der Waals surface area contributed by atoms with Gasteiger partial charge in [0.25, 0.3) is 0 Å². The Bertz CT molecular complexity index is 2210. The molecule has 18 atom stereocenters. The number of carbonyl (C=O) groups excluding carboxylic acids is 5. The standard InChI is InChI=1S/C55H81NO19S/c1-16-41-55(62,30-66-37(8)57)47(74-76-75-65-15)33(4)43(58)31(2)28-53(9,63-13)46(73-52-45(40(56(11)12)27-32(3)67-52)71-50(60)38-23-19-17-20-24-38)34(5)44(35(6)49(59)69-41)70-42-29-54(10,64-14)48(36(7)68-42)72-51(61)39-25-21-18-22-26-39/h17-26,31-36,40-42,44-48,52,62H,16,27-30H2,1-15H3/t31-,32-,33+,34+,35-,36+,40+,41-,42?,44+,45-,46-,47-,48+,52?,53-,54-,55-/m1/s1. The van der Waals surface area contributed by atoms with Gasteiger partial charge in [0, 0.05) is 45.3 Å². The van der Waals surface area contributed by atoms with Crippen LogP contribution in [0.2, 0.25) is 0 Å². The minimum atomic E-state index is -2.37. The van der Waals surface area contributed by atoms with Gasteiger partial charge in [-0.25, -0.2) is 14.5 Å². The highest BCUT2D eigenvalue weighted by Gasteiger charge is 2.57. The lowest BCUT2D eigenvalue weighted by atomic mass is 9.73. The second kappa shape index (κ2) is 27.7. The Kier molecular flexibility index (Phi) is 22.8. The van der Waals surface area contributed by atoms with Crippen LogP contribution in [-0.2, 0) is 75.2 Å². The highest BCUT2D eigenvalue weighted by Crippen LogP contribution is 2.43. The molecular formula is C55H81NO19S. The fourth-order valence-electron chi connectivity index (χ4n) is 10.9. The number of aliphatic hydroxyl groups is 1. The highest BCUT2D eigenvalue weighted by atomic mass is 32.2. The van der Waals surface area contributed by atoms with Crippen LogP contribution in [0.4, 0.5) is 0 Å². The maximum Gasteiger partial charge on any atom is 0.338 e. The van der Waals surface area contributed by atoms with Gasteiger partial charge in [-0.3, -0.25) is 18.6 Å². The maximum absolute atomic E-state index is 15.1. The molecule has 0 saturated carbocycles. The molecule has 3 saturated heterocycles. The number of methoxy groups -OCH3 is 2. The lowest BCUT2D eigenvalue weighted by Crippen LogP contribution is -2.63. The number of nitrogens with zero attached hydrogens (tertiary/aromatic N) is 1. The summed E-state index contributed by atoms with van der Waals surface area (Å²) in [6.07, 6.45) is -10.6. The smallest absolute Gasteiger partial charge is 0.338 e. The van der Waals surface area contributed by atoms with Crippen LogP contribution >= 0.6 is 12.3 Å². The molecule has 21 heteroatoms. The summed E-state index contributed by atoms with van der Waals surface area (Å²) in [6.45, 7) is 15.8.